The molecule has 1 amide bonds. The topological polar surface area (TPSA) is 54.5 Å². The van der Waals surface area contributed by atoms with Crippen LogP contribution in [0.1, 0.15) is 29.2 Å². The zero-order valence-electron chi connectivity index (χ0n) is 12.6. The van der Waals surface area contributed by atoms with E-state index in [1.165, 1.54) is 0 Å². The van der Waals surface area contributed by atoms with Crippen molar-refractivity contribution in [1.29, 1.82) is 0 Å². The fourth-order valence-corrected chi connectivity index (χ4v) is 4.73. The lowest BCUT2D eigenvalue weighted by Crippen LogP contribution is -2.40. The minimum atomic E-state index is -4.55. The highest BCUT2D eigenvalue weighted by Crippen LogP contribution is 2.36. The predicted octanol–water partition coefficient (Wildman–Crippen LogP) is 2.50. The number of hydrogen-bond acceptors (Lipinski definition) is 3. The van der Waals surface area contributed by atoms with Gasteiger partial charge in [0.1, 0.15) is 12.3 Å². The molecule has 0 saturated heterocycles. The zero-order valence-corrected chi connectivity index (χ0v) is 13.5. The quantitative estimate of drug-likeness (QED) is 0.839. The Kier molecular flexibility index (Phi) is 5.03. The van der Waals surface area contributed by atoms with E-state index in [1.54, 1.807) is 12.1 Å². The second-order valence-electron chi connectivity index (χ2n) is 5.75. The SMILES string of the molecule is CN(CC(F)(F)F)C(=O)CS(=O)(=O)C1CCCc2ccccc21. The Morgan fingerprint density at radius 2 is 1.96 bits per heavy atom. The van der Waals surface area contributed by atoms with Crippen molar-refractivity contribution in [1.82, 2.24) is 4.90 Å². The zero-order chi connectivity index (χ0) is 17.3. The molecule has 0 spiro atoms. The summed E-state index contributed by atoms with van der Waals surface area (Å²) in [5.74, 6) is -1.94. The average Bonchev–Trinajstić information content (AvgIpc) is 2.44. The Bertz CT molecular complexity index is 685. The molecule has 2 rings (SSSR count). The van der Waals surface area contributed by atoms with Crippen LogP contribution in [0, 0.1) is 0 Å². The van der Waals surface area contributed by atoms with E-state index < -0.39 is 39.5 Å². The third-order valence-corrected chi connectivity index (χ3v) is 5.92. The third-order valence-electron chi connectivity index (χ3n) is 3.91. The number of benzene rings is 1. The van der Waals surface area contributed by atoms with E-state index in [0.29, 0.717) is 23.3 Å². The molecule has 1 atom stereocenters. The van der Waals surface area contributed by atoms with E-state index in [9.17, 15) is 26.4 Å². The maximum atomic E-state index is 12.5. The lowest BCUT2D eigenvalue weighted by Gasteiger charge is -2.26. The summed E-state index contributed by atoms with van der Waals surface area (Å²) in [5, 5.41) is -0.823. The number of hydrogen-bond donors (Lipinski definition) is 0. The van der Waals surface area contributed by atoms with Gasteiger partial charge >= 0.3 is 6.18 Å². The number of sulfone groups is 1. The van der Waals surface area contributed by atoms with Crippen LogP contribution in [0.15, 0.2) is 24.3 Å². The summed E-state index contributed by atoms with van der Waals surface area (Å²) in [5.41, 5.74) is 1.58. The molecule has 1 aromatic rings. The van der Waals surface area contributed by atoms with Crippen molar-refractivity contribution in [2.24, 2.45) is 0 Å². The molecule has 0 aromatic heterocycles. The predicted molar refractivity (Wildman–Crippen MR) is 79.6 cm³/mol. The fourth-order valence-electron chi connectivity index (χ4n) is 2.82. The van der Waals surface area contributed by atoms with E-state index in [1.807, 2.05) is 12.1 Å². The Morgan fingerprint density at radius 3 is 2.61 bits per heavy atom. The number of halogens is 3. The second-order valence-corrected chi connectivity index (χ2v) is 7.94. The minimum Gasteiger partial charge on any atom is -0.336 e. The molecule has 8 heteroatoms. The van der Waals surface area contributed by atoms with Gasteiger partial charge in [-0.1, -0.05) is 24.3 Å². The van der Waals surface area contributed by atoms with Gasteiger partial charge in [0.05, 0.1) is 5.25 Å². The number of nitrogens with zero attached hydrogens (tertiary/aromatic N) is 1. The van der Waals surface area contributed by atoms with E-state index in [0.717, 1.165) is 19.0 Å². The number of alkyl halides is 3. The largest absolute Gasteiger partial charge is 0.406 e. The van der Waals surface area contributed by atoms with Gasteiger partial charge in [0, 0.05) is 7.05 Å². The lowest BCUT2D eigenvalue weighted by molar-refractivity contribution is -0.156. The summed E-state index contributed by atoms with van der Waals surface area (Å²) in [6, 6.07) is 7.09. The van der Waals surface area contributed by atoms with Crippen LogP contribution in [0.5, 0.6) is 0 Å². The number of fused-ring (bicyclic) bond motifs is 1. The van der Waals surface area contributed by atoms with Crippen LogP contribution in [-0.4, -0.2) is 44.7 Å². The van der Waals surface area contributed by atoms with Gasteiger partial charge in [0.15, 0.2) is 9.84 Å². The number of carbonyl (C=O) groups is 1. The Morgan fingerprint density at radius 1 is 1.30 bits per heavy atom. The van der Waals surface area contributed by atoms with Crippen LogP contribution in [0.3, 0.4) is 0 Å². The van der Waals surface area contributed by atoms with Gasteiger partial charge in [-0.3, -0.25) is 4.79 Å². The van der Waals surface area contributed by atoms with Gasteiger partial charge < -0.3 is 4.90 Å². The molecule has 1 aliphatic rings. The van der Waals surface area contributed by atoms with Crippen molar-refractivity contribution in [2.45, 2.75) is 30.7 Å². The monoisotopic (exact) mass is 349 g/mol. The van der Waals surface area contributed by atoms with E-state index in [2.05, 4.69) is 0 Å². The van der Waals surface area contributed by atoms with Gasteiger partial charge in [-0.2, -0.15) is 13.2 Å². The summed E-state index contributed by atoms with van der Waals surface area (Å²) in [6.45, 7) is -1.46. The molecule has 0 N–H and O–H groups in total. The van der Waals surface area contributed by atoms with Crippen molar-refractivity contribution in [3.05, 3.63) is 35.4 Å². The molecule has 0 fully saturated rings. The third kappa shape index (κ3) is 4.46. The molecule has 1 aromatic carbocycles. The molecule has 1 unspecified atom stereocenters. The first-order valence-electron chi connectivity index (χ1n) is 7.20. The number of amides is 1. The molecule has 0 bridgehead atoms. The van der Waals surface area contributed by atoms with Crippen molar-refractivity contribution in [3.63, 3.8) is 0 Å². The van der Waals surface area contributed by atoms with Gasteiger partial charge in [-0.05, 0) is 30.4 Å². The molecular formula is C15H18F3NO3S. The highest BCUT2D eigenvalue weighted by molar-refractivity contribution is 7.92. The lowest BCUT2D eigenvalue weighted by atomic mass is 9.91. The standard InChI is InChI=1S/C15H18F3NO3S/c1-19(10-15(16,17)18)14(20)9-23(21,22)13-8-4-6-11-5-2-3-7-12(11)13/h2-3,5,7,13H,4,6,8-10H2,1H3. The van der Waals surface area contributed by atoms with Crippen molar-refractivity contribution >= 4 is 15.7 Å². The van der Waals surface area contributed by atoms with Crippen LogP contribution in [0.25, 0.3) is 0 Å². The van der Waals surface area contributed by atoms with Crippen molar-refractivity contribution in [2.75, 3.05) is 19.3 Å². The van der Waals surface area contributed by atoms with E-state index >= 15 is 0 Å². The van der Waals surface area contributed by atoms with Crippen molar-refractivity contribution < 1.29 is 26.4 Å². The van der Waals surface area contributed by atoms with Gasteiger partial charge in [0.25, 0.3) is 0 Å². The minimum absolute atomic E-state index is 0.385. The highest BCUT2D eigenvalue weighted by atomic mass is 32.2. The van der Waals surface area contributed by atoms with Gasteiger partial charge in [-0.25, -0.2) is 8.42 Å². The Balaban J connectivity index is 2.16. The molecule has 0 aliphatic heterocycles. The smallest absolute Gasteiger partial charge is 0.336 e. The first kappa shape index (κ1) is 17.8. The molecular weight excluding hydrogens is 331 g/mol. The number of rotatable bonds is 4. The highest BCUT2D eigenvalue weighted by Gasteiger charge is 2.36. The molecule has 4 nitrogen and oxygen atoms in total. The van der Waals surface area contributed by atoms with Crippen LogP contribution >= 0.6 is 0 Å². The number of carbonyl (C=O) groups excluding carboxylic acids is 1. The van der Waals surface area contributed by atoms with Gasteiger partial charge in [0.2, 0.25) is 5.91 Å². The molecule has 23 heavy (non-hydrogen) atoms. The van der Waals surface area contributed by atoms with Crippen LogP contribution in [-0.2, 0) is 21.1 Å². The summed E-state index contributed by atoms with van der Waals surface area (Å²) < 4.78 is 61.9. The van der Waals surface area contributed by atoms with Gasteiger partial charge in [-0.15, -0.1) is 0 Å². The molecule has 0 radical (unpaired) electrons. The maximum absolute atomic E-state index is 12.5. The normalized spacial score (nSPS) is 18.3. The second kappa shape index (κ2) is 6.51. The Labute approximate surface area is 133 Å². The summed E-state index contributed by atoms with van der Waals surface area (Å²) in [6.07, 6.45) is -2.72. The summed E-state index contributed by atoms with van der Waals surface area (Å²) in [4.78, 5) is 12.2. The number of aryl methyl sites for hydroxylation is 1. The molecule has 128 valence electrons. The average molecular weight is 349 g/mol. The molecule has 0 saturated carbocycles. The van der Waals surface area contributed by atoms with Crippen LogP contribution in [0.2, 0.25) is 0 Å². The summed E-state index contributed by atoms with van der Waals surface area (Å²) in [7, 11) is -2.90. The fraction of sp³-hybridized carbons (Fsp3) is 0.533. The summed E-state index contributed by atoms with van der Waals surface area (Å²) >= 11 is 0. The first-order chi connectivity index (χ1) is 10.6. The van der Waals surface area contributed by atoms with E-state index in [4.69, 9.17) is 0 Å². The van der Waals surface area contributed by atoms with Crippen LogP contribution < -0.4 is 0 Å². The van der Waals surface area contributed by atoms with Crippen LogP contribution in [0.4, 0.5) is 13.2 Å². The first-order valence-corrected chi connectivity index (χ1v) is 8.92. The van der Waals surface area contributed by atoms with Crippen molar-refractivity contribution in [3.8, 4) is 0 Å². The molecule has 0 heterocycles. The molecule has 1 aliphatic carbocycles. The van der Waals surface area contributed by atoms with E-state index in [-0.39, 0.29) is 0 Å². The Hall–Kier alpha value is -1.57. The maximum Gasteiger partial charge on any atom is 0.406 e.